The van der Waals surface area contributed by atoms with E-state index in [1.165, 1.54) is 0 Å². The largest absolute Gasteiger partial charge is 0.464 e. The number of pyridine rings is 1. The average Bonchev–Trinajstić information content (AvgIpc) is 2.79. The van der Waals surface area contributed by atoms with Gasteiger partial charge in [0.2, 0.25) is 0 Å². The summed E-state index contributed by atoms with van der Waals surface area (Å²) in [5, 5.41) is 0. The van der Waals surface area contributed by atoms with E-state index in [1.807, 2.05) is 30.3 Å². The smallest absolute Gasteiger partial charge is 0.121 e. The Hall–Kier alpha value is -1.61. The average molecular weight is 216 g/mol. The predicted octanol–water partition coefficient (Wildman–Crippen LogP) is 2.48. The standard InChI is InChI=1S/C13H16N2O/c1-2-11-6-7-13(16-11)12(14)9-10-5-3-4-8-15-10/h3-8,12H,2,9,14H2,1H3. The number of aromatic nitrogens is 1. The number of aryl methyl sites for hydroxylation is 1. The van der Waals surface area contributed by atoms with Gasteiger partial charge in [-0.25, -0.2) is 0 Å². The zero-order chi connectivity index (χ0) is 11.4. The summed E-state index contributed by atoms with van der Waals surface area (Å²) >= 11 is 0. The molecule has 0 aliphatic carbocycles. The number of nitrogens with two attached hydrogens (primary N) is 1. The van der Waals surface area contributed by atoms with E-state index in [9.17, 15) is 0 Å². The van der Waals surface area contributed by atoms with Crippen LogP contribution in [-0.2, 0) is 12.8 Å². The molecule has 0 aliphatic rings. The lowest BCUT2D eigenvalue weighted by molar-refractivity contribution is 0.433. The van der Waals surface area contributed by atoms with Gasteiger partial charge < -0.3 is 10.2 Å². The van der Waals surface area contributed by atoms with Gasteiger partial charge in [0.1, 0.15) is 11.5 Å². The third kappa shape index (κ3) is 2.49. The highest BCUT2D eigenvalue weighted by Gasteiger charge is 2.11. The van der Waals surface area contributed by atoms with E-state index in [4.69, 9.17) is 10.2 Å². The lowest BCUT2D eigenvalue weighted by Crippen LogP contribution is -2.13. The number of hydrogen-bond acceptors (Lipinski definition) is 3. The molecule has 1 atom stereocenters. The first-order valence-electron chi connectivity index (χ1n) is 5.53. The molecule has 1 unspecified atom stereocenters. The first kappa shape index (κ1) is 10.9. The molecule has 0 aromatic carbocycles. The predicted molar refractivity (Wildman–Crippen MR) is 63.0 cm³/mol. The Morgan fingerprint density at radius 2 is 2.19 bits per heavy atom. The fraction of sp³-hybridized carbons (Fsp3) is 0.308. The number of nitrogens with zero attached hydrogens (tertiary/aromatic N) is 1. The maximum atomic E-state index is 6.06. The minimum absolute atomic E-state index is 0.116. The van der Waals surface area contributed by atoms with E-state index in [2.05, 4.69) is 11.9 Å². The molecule has 2 aromatic heterocycles. The fourth-order valence-corrected chi connectivity index (χ4v) is 1.63. The Morgan fingerprint density at radius 1 is 1.31 bits per heavy atom. The minimum Gasteiger partial charge on any atom is -0.464 e. The summed E-state index contributed by atoms with van der Waals surface area (Å²) in [5.41, 5.74) is 7.05. The second-order valence-corrected chi connectivity index (χ2v) is 3.79. The van der Waals surface area contributed by atoms with Crippen molar-refractivity contribution >= 4 is 0 Å². The molecule has 2 heterocycles. The Bertz CT molecular complexity index is 436. The van der Waals surface area contributed by atoms with Crippen molar-refractivity contribution in [1.82, 2.24) is 4.98 Å². The van der Waals surface area contributed by atoms with Crippen molar-refractivity contribution in [3.05, 3.63) is 53.7 Å². The van der Waals surface area contributed by atoms with Gasteiger partial charge in [-0.05, 0) is 24.3 Å². The topological polar surface area (TPSA) is 52.0 Å². The summed E-state index contributed by atoms with van der Waals surface area (Å²) in [5.74, 6) is 1.81. The Balaban J connectivity index is 2.05. The van der Waals surface area contributed by atoms with Crippen molar-refractivity contribution in [1.29, 1.82) is 0 Å². The molecule has 0 bridgehead atoms. The molecule has 0 radical (unpaired) electrons. The molecule has 0 spiro atoms. The zero-order valence-corrected chi connectivity index (χ0v) is 9.39. The van der Waals surface area contributed by atoms with Crippen LogP contribution in [0.25, 0.3) is 0 Å². The Labute approximate surface area is 95.3 Å². The lowest BCUT2D eigenvalue weighted by Gasteiger charge is -2.07. The minimum atomic E-state index is -0.116. The van der Waals surface area contributed by atoms with Crippen molar-refractivity contribution in [2.45, 2.75) is 25.8 Å². The summed E-state index contributed by atoms with van der Waals surface area (Å²) in [6.07, 6.45) is 3.38. The van der Waals surface area contributed by atoms with Crippen LogP contribution in [0.4, 0.5) is 0 Å². The maximum absolute atomic E-state index is 6.06. The third-order valence-electron chi connectivity index (χ3n) is 2.55. The van der Waals surface area contributed by atoms with E-state index in [-0.39, 0.29) is 6.04 Å². The van der Waals surface area contributed by atoms with Crippen molar-refractivity contribution in [2.24, 2.45) is 5.73 Å². The Kier molecular flexibility index (Phi) is 3.37. The quantitative estimate of drug-likeness (QED) is 0.854. The molecule has 2 N–H and O–H groups in total. The molecular formula is C13H16N2O. The molecule has 3 nitrogen and oxygen atoms in total. The molecule has 0 amide bonds. The van der Waals surface area contributed by atoms with Gasteiger partial charge in [0, 0.05) is 24.7 Å². The molecule has 0 aliphatic heterocycles. The molecular weight excluding hydrogens is 200 g/mol. The fourth-order valence-electron chi connectivity index (χ4n) is 1.63. The van der Waals surface area contributed by atoms with Gasteiger partial charge in [-0.1, -0.05) is 13.0 Å². The molecule has 0 saturated carbocycles. The molecule has 2 rings (SSSR count). The number of furan rings is 1. The van der Waals surface area contributed by atoms with Gasteiger partial charge >= 0.3 is 0 Å². The van der Waals surface area contributed by atoms with Crippen LogP contribution in [0.15, 0.2) is 40.9 Å². The molecule has 0 saturated heterocycles. The highest BCUT2D eigenvalue weighted by atomic mass is 16.3. The second kappa shape index (κ2) is 4.94. The van der Waals surface area contributed by atoms with E-state index in [1.54, 1.807) is 6.20 Å². The van der Waals surface area contributed by atoms with Crippen LogP contribution < -0.4 is 5.73 Å². The molecule has 2 aromatic rings. The monoisotopic (exact) mass is 216 g/mol. The van der Waals surface area contributed by atoms with Gasteiger partial charge in [0.25, 0.3) is 0 Å². The van der Waals surface area contributed by atoms with E-state index in [0.29, 0.717) is 6.42 Å². The highest BCUT2D eigenvalue weighted by molar-refractivity contribution is 5.14. The van der Waals surface area contributed by atoms with E-state index >= 15 is 0 Å². The van der Waals surface area contributed by atoms with Crippen molar-refractivity contribution in [2.75, 3.05) is 0 Å². The van der Waals surface area contributed by atoms with Gasteiger partial charge in [0.05, 0.1) is 6.04 Å². The molecule has 0 fully saturated rings. The van der Waals surface area contributed by atoms with Gasteiger partial charge in [-0.2, -0.15) is 0 Å². The van der Waals surface area contributed by atoms with Crippen molar-refractivity contribution in [3.8, 4) is 0 Å². The Morgan fingerprint density at radius 3 is 2.81 bits per heavy atom. The first-order chi connectivity index (χ1) is 7.79. The third-order valence-corrected chi connectivity index (χ3v) is 2.55. The van der Waals surface area contributed by atoms with Crippen molar-refractivity contribution in [3.63, 3.8) is 0 Å². The van der Waals surface area contributed by atoms with Crippen molar-refractivity contribution < 1.29 is 4.42 Å². The van der Waals surface area contributed by atoms with Gasteiger partial charge in [0.15, 0.2) is 0 Å². The first-order valence-corrected chi connectivity index (χ1v) is 5.53. The maximum Gasteiger partial charge on any atom is 0.121 e. The summed E-state index contributed by atoms with van der Waals surface area (Å²) in [6, 6.07) is 9.66. The number of hydrogen-bond donors (Lipinski definition) is 1. The summed E-state index contributed by atoms with van der Waals surface area (Å²) in [4.78, 5) is 4.25. The summed E-state index contributed by atoms with van der Waals surface area (Å²) in [6.45, 7) is 2.06. The lowest BCUT2D eigenvalue weighted by atomic mass is 10.1. The number of rotatable bonds is 4. The SMILES string of the molecule is CCc1ccc(C(N)Cc2ccccn2)o1. The van der Waals surface area contributed by atoms with Gasteiger partial charge in [-0.3, -0.25) is 4.98 Å². The van der Waals surface area contributed by atoms with Crippen LogP contribution in [0.3, 0.4) is 0 Å². The van der Waals surface area contributed by atoms with E-state index < -0.39 is 0 Å². The van der Waals surface area contributed by atoms with Crippen LogP contribution in [0, 0.1) is 0 Å². The van der Waals surface area contributed by atoms with Crippen LogP contribution in [0.2, 0.25) is 0 Å². The van der Waals surface area contributed by atoms with Gasteiger partial charge in [-0.15, -0.1) is 0 Å². The second-order valence-electron chi connectivity index (χ2n) is 3.79. The summed E-state index contributed by atoms with van der Waals surface area (Å²) in [7, 11) is 0. The van der Waals surface area contributed by atoms with Crippen LogP contribution in [0.1, 0.15) is 30.2 Å². The summed E-state index contributed by atoms with van der Waals surface area (Å²) < 4.78 is 5.61. The van der Waals surface area contributed by atoms with Crippen LogP contribution >= 0.6 is 0 Å². The molecule has 84 valence electrons. The highest BCUT2D eigenvalue weighted by Crippen LogP contribution is 2.18. The normalized spacial score (nSPS) is 12.6. The van der Waals surface area contributed by atoms with Crippen LogP contribution in [-0.4, -0.2) is 4.98 Å². The van der Waals surface area contributed by atoms with E-state index in [0.717, 1.165) is 23.6 Å². The molecule has 3 heteroatoms. The van der Waals surface area contributed by atoms with Crippen LogP contribution in [0.5, 0.6) is 0 Å². The zero-order valence-electron chi connectivity index (χ0n) is 9.39. The molecule has 16 heavy (non-hydrogen) atoms.